The standard InChI is InChI=1S/C22H36N4O2.HI/c1-2-6-19(5-1)26-13-10-18(11-14-26)25-22(24-17-21-8-4-16-28-21)23-12-9-20-7-3-15-27-20;/h3,7,15,18-19,21H,1-2,4-6,8-14,16-17H2,(H2,23,24,25);1H. The highest BCUT2D eigenvalue weighted by Crippen LogP contribution is 2.26. The molecule has 2 aliphatic heterocycles. The van der Waals surface area contributed by atoms with E-state index in [1.165, 1.54) is 51.6 Å². The van der Waals surface area contributed by atoms with E-state index in [-0.39, 0.29) is 30.1 Å². The molecule has 1 aliphatic carbocycles. The number of rotatable bonds is 7. The van der Waals surface area contributed by atoms with Crippen molar-refractivity contribution < 1.29 is 9.15 Å². The summed E-state index contributed by atoms with van der Waals surface area (Å²) in [5.41, 5.74) is 0. The minimum Gasteiger partial charge on any atom is -0.469 e. The normalized spacial score (nSPS) is 24.6. The Bertz CT molecular complexity index is 590. The lowest BCUT2D eigenvalue weighted by atomic mass is 10.0. The van der Waals surface area contributed by atoms with Crippen LogP contribution in [0.25, 0.3) is 0 Å². The van der Waals surface area contributed by atoms with Gasteiger partial charge in [-0.05, 0) is 50.7 Å². The lowest BCUT2D eigenvalue weighted by Crippen LogP contribution is -2.50. The van der Waals surface area contributed by atoms with Gasteiger partial charge in [-0.1, -0.05) is 12.8 Å². The number of nitrogens with one attached hydrogen (secondary N) is 2. The number of guanidine groups is 1. The Balaban J connectivity index is 0.00000240. The first kappa shape index (κ1) is 22.9. The Hall–Kier alpha value is -0.800. The summed E-state index contributed by atoms with van der Waals surface area (Å²) < 4.78 is 11.2. The summed E-state index contributed by atoms with van der Waals surface area (Å²) in [6.07, 6.45) is 13.2. The Kier molecular flexibility index (Phi) is 9.58. The average molecular weight is 516 g/mol. The quantitative estimate of drug-likeness (QED) is 0.330. The zero-order chi connectivity index (χ0) is 19.0. The van der Waals surface area contributed by atoms with Crippen LogP contribution in [0.5, 0.6) is 0 Å². The predicted octanol–water partition coefficient (Wildman–Crippen LogP) is 3.56. The molecule has 4 rings (SSSR count). The van der Waals surface area contributed by atoms with E-state index in [9.17, 15) is 0 Å². The molecule has 0 bridgehead atoms. The summed E-state index contributed by atoms with van der Waals surface area (Å²) in [5, 5.41) is 7.20. The molecule has 2 N–H and O–H groups in total. The van der Waals surface area contributed by atoms with Crippen molar-refractivity contribution in [3.63, 3.8) is 0 Å². The van der Waals surface area contributed by atoms with Crippen LogP contribution in [0.2, 0.25) is 0 Å². The van der Waals surface area contributed by atoms with Crippen LogP contribution >= 0.6 is 24.0 Å². The maximum atomic E-state index is 5.74. The van der Waals surface area contributed by atoms with Gasteiger partial charge in [0.25, 0.3) is 0 Å². The Morgan fingerprint density at radius 1 is 1.10 bits per heavy atom. The molecule has 7 heteroatoms. The molecule has 1 aromatic heterocycles. The third-order valence-electron chi connectivity index (χ3n) is 6.43. The number of piperidine rings is 1. The van der Waals surface area contributed by atoms with E-state index >= 15 is 0 Å². The van der Waals surface area contributed by atoms with Crippen LogP contribution in [0, 0.1) is 0 Å². The molecule has 29 heavy (non-hydrogen) atoms. The molecule has 3 fully saturated rings. The number of hydrogen-bond acceptors (Lipinski definition) is 4. The number of likely N-dealkylation sites (tertiary alicyclic amines) is 1. The van der Waals surface area contributed by atoms with Gasteiger partial charge >= 0.3 is 0 Å². The fourth-order valence-electron chi connectivity index (χ4n) is 4.76. The van der Waals surface area contributed by atoms with Crippen molar-refractivity contribution in [1.29, 1.82) is 0 Å². The SMILES string of the molecule is I.c1coc(CCNC(=NCC2CCCO2)NC2CCN(C3CCCC3)CC2)c1. The number of aliphatic imine (C=N–C) groups is 1. The van der Waals surface area contributed by atoms with E-state index in [1.54, 1.807) is 6.26 Å². The molecule has 3 aliphatic rings. The van der Waals surface area contributed by atoms with Gasteiger partial charge in [-0.15, -0.1) is 24.0 Å². The minimum absolute atomic E-state index is 0. The van der Waals surface area contributed by atoms with Gasteiger partial charge < -0.3 is 24.7 Å². The van der Waals surface area contributed by atoms with Gasteiger partial charge in [-0.3, -0.25) is 4.99 Å². The monoisotopic (exact) mass is 516 g/mol. The first-order valence-electron chi connectivity index (χ1n) is 11.3. The van der Waals surface area contributed by atoms with Crippen LogP contribution in [0.4, 0.5) is 0 Å². The molecule has 3 heterocycles. The summed E-state index contributed by atoms with van der Waals surface area (Å²) >= 11 is 0. The third-order valence-corrected chi connectivity index (χ3v) is 6.43. The first-order chi connectivity index (χ1) is 13.9. The van der Waals surface area contributed by atoms with E-state index in [0.717, 1.165) is 56.7 Å². The van der Waals surface area contributed by atoms with Crippen molar-refractivity contribution in [3.05, 3.63) is 24.2 Å². The first-order valence-corrected chi connectivity index (χ1v) is 11.3. The Morgan fingerprint density at radius 2 is 1.93 bits per heavy atom. The lowest BCUT2D eigenvalue weighted by Gasteiger charge is -2.36. The fraction of sp³-hybridized carbons (Fsp3) is 0.773. The van der Waals surface area contributed by atoms with Crippen LogP contribution in [0.3, 0.4) is 0 Å². The van der Waals surface area contributed by atoms with E-state index in [2.05, 4.69) is 15.5 Å². The predicted molar refractivity (Wildman–Crippen MR) is 127 cm³/mol. The van der Waals surface area contributed by atoms with Gasteiger partial charge in [0.2, 0.25) is 0 Å². The van der Waals surface area contributed by atoms with Gasteiger partial charge in [0.05, 0.1) is 18.9 Å². The maximum absolute atomic E-state index is 5.74. The molecule has 1 aromatic rings. The highest BCUT2D eigenvalue weighted by molar-refractivity contribution is 14.0. The van der Waals surface area contributed by atoms with Crippen molar-refractivity contribution in [3.8, 4) is 0 Å². The molecule has 6 nitrogen and oxygen atoms in total. The largest absolute Gasteiger partial charge is 0.469 e. The Morgan fingerprint density at radius 3 is 2.62 bits per heavy atom. The second-order valence-electron chi connectivity index (χ2n) is 8.47. The molecule has 0 amide bonds. The van der Waals surface area contributed by atoms with Crippen molar-refractivity contribution >= 4 is 29.9 Å². The lowest BCUT2D eigenvalue weighted by molar-refractivity contribution is 0.117. The summed E-state index contributed by atoms with van der Waals surface area (Å²) in [7, 11) is 0. The number of ether oxygens (including phenoxy) is 1. The fourth-order valence-corrected chi connectivity index (χ4v) is 4.76. The van der Waals surface area contributed by atoms with Crippen molar-refractivity contribution in [2.75, 3.05) is 32.8 Å². The van der Waals surface area contributed by atoms with Crippen LogP contribution in [-0.2, 0) is 11.2 Å². The van der Waals surface area contributed by atoms with Gasteiger partial charge in [-0.25, -0.2) is 0 Å². The highest BCUT2D eigenvalue weighted by Gasteiger charge is 2.27. The molecule has 1 atom stereocenters. The molecule has 0 radical (unpaired) electrons. The zero-order valence-electron chi connectivity index (χ0n) is 17.5. The topological polar surface area (TPSA) is 62.0 Å². The van der Waals surface area contributed by atoms with E-state index in [4.69, 9.17) is 14.1 Å². The van der Waals surface area contributed by atoms with Crippen LogP contribution in [0.15, 0.2) is 27.8 Å². The second-order valence-corrected chi connectivity index (χ2v) is 8.47. The summed E-state index contributed by atoms with van der Waals surface area (Å²) in [6, 6.07) is 5.33. The molecular weight excluding hydrogens is 479 g/mol. The second kappa shape index (κ2) is 12.2. The molecule has 0 aromatic carbocycles. The van der Waals surface area contributed by atoms with Crippen molar-refractivity contribution in [1.82, 2.24) is 15.5 Å². The molecule has 1 unspecified atom stereocenters. The Labute approximate surface area is 192 Å². The highest BCUT2D eigenvalue weighted by atomic mass is 127. The molecule has 0 spiro atoms. The molecule has 1 saturated carbocycles. The van der Waals surface area contributed by atoms with Crippen LogP contribution < -0.4 is 10.6 Å². The number of nitrogens with zero attached hydrogens (tertiary/aromatic N) is 2. The van der Waals surface area contributed by atoms with E-state index in [0.29, 0.717) is 6.04 Å². The van der Waals surface area contributed by atoms with Gasteiger partial charge in [-0.2, -0.15) is 0 Å². The van der Waals surface area contributed by atoms with Gasteiger partial charge in [0, 0.05) is 44.7 Å². The van der Waals surface area contributed by atoms with Gasteiger partial charge in [0.1, 0.15) is 5.76 Å². The summed E-state index contributed by atoms with van der Waals surface area (Å²) in [5.74, 6) is 1.94. The maximum Gasteiger partial charge on any atom is 0.191 e. The number of halogens is 1. The van der Waals surface area contributed by atoms with E-state index < -0.39 is 0 Å². The van der Waals surface area contributed by atoms with Gasteiger partial charge in [0.15, 0.2) is 5.96 Å². The van der Waals surface area contributed by atoms with Crippen molar-refractivity contribution in [2.45, 2.75) is 76.0 Å². The molecule has 2 saturated heterocycles. The minimum atomic E-state index is 0. The van der Waals surface area contributed by atoms with Crippen LogP contribution in [0.1, 0.15) is 57.1 Å². The number of furan rings is 1. The van der Waals surface area contributed by atoms with E-state index in [1.807, 2.05) is 12.1 Å². The zero-order valence-corrected chi connectivity index (χ0v) is 19.8. The van der Waals surface area contributed by atoms with Crippen molar-refractivity contribution in [2.24, 2.45) is 4.99 Å². The molecule has 164 valence electrons. The third kappa shape index (κ3) is 7.14. The molecular formula is C22H37IN4O2. The smallest absolute Gasteiger partial charge is 0.191 e. The summed E-state index contributed by atoms with van der Waals surface area (Å²) in [4.78, 5) is 7.56. The van der Waals surface area contributed by atoms with Crippen LogP contribution in [-0.4, -0.2) is 61.8 Å². The number of hydrogen-bond donors (Lipinski definition) is 2. The average Bonchev–Trinajstić information content (AvgIpc) is 3.50. The summed E-state index contributed by atoms with van der Waals surface area (Å²) in [6.45, 7) is 4.89.